The van der Waals surface area contributed by atoms with Crippen LogP contribution in [0.2, 0.25) is 0 Å². The molecule has 0 amide bonds. The largest absolute Gasteiger partial charge is 0.346 e. The van der Waals surface area contributed by atoms with Gasteiger partial charge in [0.15, 0.2) is 0 Å². The summed E-state index contributed by atoms with van der Waals surface area (Å²) >= 11 is 0. The average molecular weight is 430 g/mol. The smallest absolute Gasteiger partial charge is 0.274 e. The number of hydrogen-bond acceptors (Lipinski definition) is 5. The zero-order chi connectivity index (χ0) is 22.7. The molecule has 2 aromatic heterocycles. The second-order valence-corrected chi connectivity index (χ2v) is 8.65. The molecular weight excluding hydrogens is 402 g/mol. The molecule has 0 atom stereocenters. The van der Waals surface area contributed by atoms with Crippen LogP contribution in [0.25, 0.3) is 22.5 Å². The Morgan fingerprint density at radius 1 is 1.03 bits per heavy atom. The first kappa shape index (κ1) is 21.4. The lowest BCUT2D eigenvalue weighted by atomic mass is 10.0. The predicted octanol–water partition coefficient (Wildman–Crippen LogP) is 3.81. The van der Waals surface area contributed by atoms with E-state index in [-0.39, 0.29) is 11.2 Å². The normalized spacial score (nSPS) is 12.0. The Morgan fingerprint density at radius 3 is 2.44 bits per heavy atom. The summed E-state index contributed by atoms with van der Waals surface area (Å²) in [6.45, 7) is 8.41. The van der Waals surface area contributed by atoms with Crippen LogP contribution in [0.1, 0.15) is 39.1 Å². The van der Waals surface area contributed by atoms with Crippen molar-refractivity contribution >= 4 is 0 Å². The summed E-state index contributed by atoms with van der Waals surface area (Å²) in [6.07, 6.45) is 4.61. The van der Waals surface area contributed by atoms with Crippen molar-refractivity contribution in [2.24, 2.45) is 0 Å². The molecule has 164 valence electrons. The highest BCUT2D eigenvalue weighted by atomic mass is 16.2. The number of tetrazole rings is 1. The van der Waals surface area contributed by atoms with Crippen LogP contribution in [0, 0.1) is 0 Å². The van der Waals surface area contributed by atoms with Crippen molar-refractivity contribution in [3.05, 3.63) is 82.6 Å². The number of rotatable bonds is 6. The van der Waals surface area contributed by atoms with Crippen molar-refractivity contribution in [2.45, 2.75) is 46.2 Å². The number of H-pyrrole nitrogens is 1. The summed E-state index contributed by atoms with van der Waals surface area (Å²) in [5.41, 5.74) is 3.61. The third-order valence-corrected chi connectivity index (χ3v) is 5.20. The highest BCUT2D eigenvalue weighted by Gasteiger charge is 2.22. The highest BCUT2D eigenvalue weighted by Crippen LogP contribution is 2.24. The quantitative estimate of drug-likeness (QED) is 0.470. The van der Waals surface area contributed by atoms with Crippen LogP contribution in [0.3, 0.4) is 0 Å². The first-order chi connectivity index (χ1) is 15.4. The van der Waals surface area contributed by atoms with E-state index in [0.717, 1.165) is 28.1 Å². The van der Waals surface area contributed by atoms with Crippen molar-refractivity contribution in [1.82, 2.24) is 35.0 Å². The SMILES string of the molecule is CC=CCc1nn(C(C)(C)C)c(=O)n1Cc1ccc(-c2cccc(-c3nn[nH]n3)c2)cc1. The molecule has 1 N–H and O–H groups in total. The van der Waals surface area contributed by atoms with Gasteiger partial charge in [0.2, 0.25) is 5.82 Å². The molecule has 0 saturated carbocycles. The van der Waals surface area contributed by atoms with Gasteiger partial charge >= 0.3 is 5.69 Å². The minimum Gasteiger partial charge on any atom is -0.274 e. The Kier molecular flexibility index (Phi) is 5.85. The van der Waals surface area contributed by atoms with Crippen molar-refractivity contribution in [3.8, 4) is 22.5 Å². The topological polar surface area (TPSA) is 94.3 Å². The van der Waals surface area contributed by atoms with Gasteiger partial charge in [0.05, 0.1) is 12.1 Å². The van der Waals surface area contributed by atoms with Crippen LogP contribution in [-0.2, 0) is 18.5 Å². The molecule has 4 aromatic rings. The van der Waals surface area contributed by atoms with E-state index in [1.165, 1.54) is 0 Å². The molecule has 0 aliphatic rings. The molecule has 8 nitrogen and oxygen atoms in total. The maximum Gasteiger partial charge on any atom is 0.346 e. The Morgan fingerprint density at radius 2 is 1.78 bits per heavy atom. The van der Waals surface area contributed by atoms with Gasteiger partial charge in [-0.05, 0) is 55.7 Å². The van der Waals surface area contributed by atoms with E-state index in [2.05, 4.69) is 50.0 Å². The van der Waals surface area contributed by atoms with E-state index >= 15 is 0 Å². The lowest BCUT2D eigenvalue weighted by Crippen LogP contribution is -2.36. The van der Waals surface area contributed by atoms with E-state index in [4.69, 9.17) is 0 Å². The van der Waals surface area contributed by atoms with Gasteiger partial charge in [-0.25, -0.2) is 9.48 Å². The van der Waals surface area contributed by atoms with Crippen LogP contribution in [-0.4, -0.2) is 35.0 Å². The fourth-order valence-electron chi connectivity index (χ4n) is 3.51. The number of aromatic nitrogens is 7. The molecule has 2 heterocycles. The molecule has 0 bridgehead atoms. The number of hydrogen-bond donors (Lipinski definition) is 1. The zero-order valence-electron chi connectivity index (χ0n) is 18.8. The minimum atomic E-state index is -0.374. The van der Waals surface area contributed by atoms with Gasteiger partial charge in [0.25, 0.3) is 0 Å². The third kappa shape index (κ3) is 4.44. The molecule has 0 unspecified atom stereocenters. The Balaban J connectivity index is 1.62. The maximum atomic E-state index is 13.1. The van der Waals surface area contributed by atoms with E-state index in [0.29, 0.717) is 18.8 Å². The molecule has 32 heavy (non-hydrogen) atoms. The van der Waals surface area contributed by atoms with Crippen LogP contribution in [0.15, 0.2) is 65.5 Å². The highest BCUT2D eigenvalue weighted by molar-refractivity contribution is 5.70. The van der Waals surface area contributed by atoms with Crippen molar-refractivity contribution in [3.63, 3.8) is 0 Å². The summed E-state index contributed by atoms with van der Waals surface area (Å²) in [7, 11) is 0. The Labute approximate surface area is 186 Å². The minimum absolute atomic E-state index is 0.0890. The second-order valence-electron chi connectivity index (χ2n) is 8.65. The Bertz CT molecular complexity index is 1270. The molecule has 0 spiro atoms. The number of nitrogens with zero attached hydrogens (tertiary/aromatic N) is 6. The summed E-state index contributed by atoms with van der Waals surface area (Å²) in [5, 5.41) is 18.8. The molecule has 0 aliphatic carbocycles. The van der Waals surface area contributed by atoms with Crippen LogP contribution >= 0.6 is 0 Å². The van der Waals surface area contributed by atoms with Gasteiger partial charge in [0, 0.05) is 12.0 Å². The molecule has 0 aliphatic heterocycles. The van der Waals surface area contributed by atoms with Gasteiger partial charge < -0.3 is 0 Å². The first-order valence-electron chi connectivity index (χ1n) is 10.6. The lowest BCUT2D eigenvalue weighted by molar-refractivity contribution is 0.340. The monoisotopic (exact) mass is 429 g/mol. The maximum absolute atomic E-state index is 13.1. The molecular formula is C24H27N7O. The van der Waals surface area contributed by atoms with Crippen LogP contribution < -0.4 is 5.69 Å². The summed E-state index contributed by atoms with van der Waals surface area (Å²) < 4.78 is 3.33. The number of aromatic amines is 1. The van der Waals surface area contributed by atoms with Gasteiger partial charge in [0.1, 0.15) is 5.82 Å². The number of allylic oxidation sites excluding steroid dienone is 2. The van der Waals surface area contributed by atoms with Crippen LogP contribution in [0.5, 0.6) is 0 Å². The van der Waals surface area contributed by atoms with Gasteiger partial charge in [-0.2, -0.15) is 10.3 Å². The van der Waals surface area contributed by atoms with Crippen molar-refractivity contribution in [2.75, 3.05) is 0 Å². The third-order valence-electron chi connectivity index (χ3n) is 5.20. The molecule has 8 heteroatoms. The summed E-state index contributed by atoms with van der Waals surface area (Å²) in [5.74, 6) is 1.33. The lowest BCUT2D eigenvalue weighted by Gasteiger charge is -2.16. The fraction of sp³-hybridized carbons (Fsp3) is 0.292. The summed E-state index contributed by atoms with van der Waals surface area (Å²) in [4.78, 5) is 13.1. The van der Waals surface area contributed by atoms with Crippen molar-refractivity contribution < 1.29 is 0 Å². The molecule has 0 saturated heterocycles. The molecule has 2 aromatic carbocycles. The fourth-order valence-corrected chi connectivity index (χ4v) is 3.51. The first-order valence-corrected chi connectivity index (χ1v) is 10.6. The molecule has 0 fully saturated rings. The van der Waals surface area contributed by atoms with Crippen LogP contribution in [0.4, 0.5) is 0 Å². The Hall–Kier alpha value is -3.81. The average Bonchev–Trinajstić information content (AvgIpc) is 3.42. The summed E-state index contributed by atoms with van der Waals surface area (Å²) in [6, 6.07) is 16.2. The molecule has 4 rings (SSSR count). The van der Waals surface area contributed by atoms with Crippen molar-refractivity contribution in [1.29, 1.82) is 0 Å². The van der Waals surface area contributed by atoms with E-state index in [9.17, 15) is 4.79 Å². The standard InChI is InChI=1S/C24H27N7O/c1-5-6-10-21-27-31(24(2,3)4)23(32)30(21)16-17-11-13-18(14-12-17)19-8-7-9-20(15-19)22-25-28-29-26-22/h5-9,11-15H,10,16H2,1-4H3,(H,25,26,28,29). The predicted molar refractivity (Wildman–Crippen MR) is 124 cm³/mol. The zero-order valence-corrected chi connectivity index (χ0v) is 18.8. The van der Waals surface area contributed by atoms with Gasteiger partial charge in [-0.15, -0.1) is 10.2 Å². The van der Waals surface area contributed by atoms with E-state index < -0.39 is 0 Å². The van der Waals surface area contributed by atoms with Gasteiger partial charge in [-0.3, -0.25) is 4.57 Å². The number of nitrogens with one attached hydrogen (secondary N) is 1. The second kappa shape index (κ2) is 8.74. The van der Waals surface area contributed by atoms with E-state index in [1.54, 1.807) is 9.25 Å². The molecule has 0 radical (unpaired) electrons. The van der Waals surface area contributed by atoms with Gasteiger partial charge in [-0.1, -0.05) is 54.6 Å². The van der Waals surface area contributed by atoms with E-state index in [1.807, 2.05) is 64.1 Å². The number of benzene rings is 2.